The number of ether oxygens (including phenoxy) is 1. The second-order valence-electron chi connectivity index (χ2n) is 9.43. The molecule has 0 aliphatic carbocycles. The van der Waals surface area contributed by atoms with Crippen molar-refractivity contribution >= 4 is 44.6 Å². The second-order valence-corrected chi connectivity index (χ2v) is 10.5. The highest BCUT2D eigenvalue weighted by Gasteiger charge is 2.22. The fourth-order valence-electron chi connectivity index (χ4n) is 3.68. The van der Waals surface area contributed by atoms with Gasteiger partial charge in [0.2, 0.25) is 11.8 Å². The maximum absolute atomic E-state index is 12.5. The number of rotatable bonds is 9. The molecule has 1 fully saturated rings. The van der Waals surface area contributed by atoms with Gasteiger partial charge in [-0.3, -0.25) is 14.5 Å². The van der Waals surface area contributed by atoms with Gasteiger partial charge in [-0.1, -0.05) is 29.9 Å². The lowest BCUT2D eigenvalue weighted by atomic mass is 10.1. The molecule has 1 aliphatic heterocycles. The fourth-order valence-corrected chi connectivity index (χ4v) is 4.57. The number of hydrogen-bond acceptors (Lipinski definition) is 7. The van der Waals surface area contributed by atoms with Crippen LogP contribution in [0.1, 0.15) is 46.5 Å². The molecule has 2 heterocycles. The molecule has 0 radical (unpaired) electrons. The van der Waals surface area contributed by atoms with E-state index in [0.29, 0.717) is 50.8 Å². The summed E-state index contributed by atoms with van der Waals surface area (Å²) in [6, 6.07) is 7.80. The predicted molar refractivity (Wildman–Crippen MR) is 134 cm³/mol. The number of thiazole rings is 1. The summed E-state index contributed by atoms with van der Waals surface area (Å²) in [6.45, 7) is 8.95. The van der Waals surface area contributed by atoms with Crippen LogP contribution in [0.15, 0.2) is 24.3 Å². The summed E-state index contributed by atoms with van der Waals surface area (Å²) >= 11 is 1.47. The molecule has 0 unspecified atom stereocenters. The van der Waals surface area contributed by atoms with Crippen LogP contribution in [0.2, 0.25) is 0 Å². The first kappa shape index (κ1) is 25.9. The van der Waals surface area contributed by atoms with Gasteiger partial charge in [-0.2, -0.15) is 0 Å². The fraction of sp³-hybridized carbons (Fsp3) is 0.583. The standard InChI is InChI=1S/C24H35N5O4S/c1-24(2,3)33-23(32)25-12-8-4-5-11-21(31)29-15-13-28(14-16-29)17-20(30)27-22-26-18-9-6-7-10-19(18)34-22/h6-7,9-10H,4-5,8,11-17H2,1-3H3,(H,25,32)(H,26,27,30). The van der Waals surface area contributed by atoms with E-state index in [2.05, 4.69) is 20.5 Å². The summed E-state index contributed by atoms with van der Waals surface area (Å²) in [4.78, 5) is 44.9. The van der Waals surface area contributed by atoms with Crippen molar-refractivity contribution in [2.45, 2.75) is 52.1 Å². The number of para-hydroxylation sites is 1. The Balaban J connectivity index is 1.26. The van der Waals surface area contributed by atoms with Crippen LogP contribution in [0, 0.1) is 0 Å². The normalized spacial score (nSPS) is 14.7. The smallest absolute Gasteiger partial charge is 0.407 e. The van der Waals surface area contributed by atoms with E-state index < -0.39 is 11.7 Å². The first-order valence-corrected chi connectivity index (χ1v) is 12.6. The summed E-state index contributed by atoms with van der Waals surface area (Å²) in [5.41, 5.74) is 0.384. The molecule has 0 spiro atoms. The number of hydrogen-bond donors (Lipinski definition) is 2. The van der Waals surface area contributed by atoms with Gasteiger partial charge in [0.05, 0.1) is 16.8 Å². The number of piperazine rings is 1. The minimum Gasteiger partial charge on any atom is -0.444 e. The Hall–Kier alpha value is -2.72. The van der Waals surface area contributed by atoms with Crippen molar-refractivity contribution in [1.82, 2.24) is 20.1 Å². The maximum atomic E-state index is 12.5. The van der Waals surface area contributed by atoms with Crippen LogP contribution in [0.5, 0.6) is 0 Å². The Morgan fingerprint density at radius 2 is 1.79 bits per heavy atom. The Kier molecular flexibility index (Phi) is 9.23. The monoisotopic (exact) mass is 489 g/mol. The lowest BCUT2D eigenvalue weighted by molar-refractivity contribution is -0.133. The second kappa shape index (κ2) is 12.1. The van der Waals surface area contributed by atoms with Gasteiger partial charge in [0.15, 0.2) is 5.13 Å². The molecule has 0 atom stereocenters. The maximum Gasteiger partial charge on any atom is 0.407 e. The zero-order chi connectivity index (χ0) is 24.6. The van der Waals surface area contributed by atoms with Crippen molar-refractivity contribution in [3.8, 4) is 0 Å². The van der Waals surface area contributed by atoms with E-state index in [9.17, 15) is 14.4 Å². The van der Waals surface area contributed by atoms with Gasteiger partial charge in [0.1, 0.15) is 5.60 Å². The number of nitrogens with zero attached hydrogens (tertiary/aromatic N) is 3. The van der Waals surface area contributed by atoms with Crippen molar-refractivity contribution in [3.05, 3.63) is 24.3 Å². The van der Waals surface area contributed by atoms with Crippen molar-refractivity contribution in [1.29, 1.82) is 0 Å². The van der Waals surface area contributed by atoms with Crippen molar-refractivity contribution in [3.63, 3.8) is 0 Å². The van der Waals surface area contributed by atoms with Crippen molar-refractivity contribution in [2.24, 2.45) is 0 Å². The third-order valence-electron chi connectivity index (χ3n) is 5.37. The Bertz CT molecular complexity index is 946. The number of alkyl carbamates (subject to hydrolysis) is 1. The largest absolute Gasteiger partial charge is 0.444 e. The van der Waals surface area contributed by atoms with E-state index in [4.69, 9.17) is 4.74 Å². The van der Waals surface area contributed by atoms with Gasteiger partial charge in [0.25, 0.3) is 0 Å². The van der Waals surface area contributed by atoms with E-state index in [1.54, 1.807) is 0 Å². The van der Waals surface area contributed by atoms with E-state index >= 15 is 0 Å². The zero-order valence-corrected chi connectivity index (χ0v) is 21.1. The highest BCUT2D eigenvalue weighted by atomic mass is 32.1. The van der Waals surface area contributed by atoms with Crippen LogP contribution < -0.4 is 10.6 Å². The van der Waals surface area contributed by atoms with Crippen LogP contribution in [0.4, 0.5) is 9.93 Å². The van der Waals surface area contributed by atoms with Crippen LogP contribution in [-0.2, 0) is 14.3 Å². The van der Waals surface area contributed by atoms with Crippen molar-refractivity contribution < 1.29 is 19.1 Å². The molecule has 10 heteroatoms. The van der Waals surface area contributed by atoms with Gasteiger partial charge < -0.3 is 20.3 Å². The molecule has 34 heavy (non-hydrogen) atoms. The number of fused-ring (bicyclic) bond motifs is 1. The highest BCUT2D eigenvalue weighted by molar-refractivity contribution is 7.22. The molecule has 3 rings (SSSR count). The predicted octanol–water partition coefficient (Wildman–Crippen LogP) is 3.46. The first-order valence-electron chi connectivity index (χ1n) is 11.8. The Morgan fingerprint density at radius 1 is 1.06 bits per heavy atom. The topological polar surface area (TPSA) is 104 Å². The summed E-state index contributed by atoms with van der Waals surface area (Å²) in [6.07, 6.45) is 2.57. The average Bonchev–Trinajstić information content (AvgIpc) is 3.17. The van der Waals surface area contributed by atoms with E-state index in [1.807, 2.05) is 49.9 Å². The van der Waals surface area contributed by atoms with Gasteiger partial charge >= 0.3 is 6.09 Å². The first-order chi connectivity index (χ1) is 16.2. The van der Waals surface area contributed by atoms with Gasteiger partial charge in [-0.05, 0) is 45.7 Å². The highest BCUT2D eigenvalue weighted by Crippen LogP contribution is 2.25. The van der Waals surface area contributed by atoms with Crippen LogP contribution in [0.25, 0.3) is 10.2 Å². The molecule has 9 nitrogen and oxygen atoms in total. The van der Waals surface area contributed by atoms with Crippen LogP contribution in [0.3, 0.4) is 0 Å². The van der Waals surface area contributed by atoms with Gasteiger partial charge in [-0.15, -0.1) is 0 Å². The minimum absolute atomic E-state index is 0.0844. The molecule has 0 saturated carbocycles. The summed E-state index contributed by atoms with van der Waals surface area (Å²) in [5.74, 6) is 0.0671. The Morgan fingerprint density at radius 3 is 2.50 bits per heavy atom. The molecular formula is C24H35N5O4S. The molecule has 1 aromatic heterocycles. The molecule has 1 aromatic carbocycles. The molecular weight excluding hydrogens is 454 g/mol. The Labute approximate surface area is 204 Å². The lowest BCUT2D eigenvalue weighted by Gasteiger charge is -2.34. The third-order valence-corrected chi connectivity index (χ3v) is 6.32. The summed E-state index contributed by atoms with van der Waals surface area (Å²) in [7, 11) is 0. The number of carbonyl (C=O) groups is 3. The van der Waals surface area contributed by atoms with Crippen LogP contribution in [-0.4, -0.2) is 77.6 Å². The van der Waals surface area contributed by atoms with Crippen molar-refractivity contribution in [2.75, 3.05) is 44.6 Å². The molecule has 3 amide bonds. The number of unbranched alkanes of at least 4 members (excludes halogenated alkanes) is 2. The number of amides is 3. The van der Waals surface area contributed by atoms with E-state index in [0.717, 1.165) is 29.5 Å². The minimum atomic E-state index is -0.499. The SMILES string of the molecule is CC(C)(C)OC(=O)NCCCCCC(=O)N1CCN(CC(=O)Nc2nc3ccccc3s2)CC1. The van der Waals surface area contributed by atoms with Crippen LogP contribution >= 0.6 is 11.3 Å². The number of aromatic nitrogens is 1. The van der Waals surface area contributed by atoms with Gasteiger partial charge in [-0.25, -0.2) is 9.78 Å². The quantitative estimate of drug-likeness (QED) is 0.523. The molecule has 0 bridgehead atoms. The number of nitrogens with one attached hydrogen (secondary N) is 2. The lowest BCUT2D eigenvalue weighted by Crippen LogP contribution is -2.50. The molecule has 1 saturated heterocycles. The van der Waals surface area contributed by atoms with E-state index in [1.165, 1.54) is 11.3 Å². The summed E-state index contributed by atoms with van der Waals surface area (Å²) in [5, 5.41) is 6.23. The van der Waals surface area contributed by atoms with E-state index in [-0.39, 0.29) is 11.8 Å². The molecule has 2 aromatic rings. The number of benzene rings is 1. The van der Waals surface area contributed by atoms with Gasteiger partial charge in [0, 0.05) is 39.1 Å². The molecule has 186 valence electrons. The zero-order valence-electron chi connectivity index (χ0n) is 20.3. The third kappa shape index (κ3) is 8.57. The number of anilines is 1. The average molecular weight is 490 g/mol. The molecule has 2 N–H and O–H groups in total. The summed E-state index contributed by atoms with van der Waals surface area (Å²) < 4.78 is 6.24. The molecule has 1 aliphatic rings. The number of carbonyl (C=O) groups excluding carboxylic acids is 3.